The van der Waals surface area contributed by atoms with Gasteiger partial charge < -0.3 is 5.32 Å². The van der Waals surface area contributed by atoms with E-state index in [1.54, 1.807) is 0 Å². The molecule has 0 aromatic heterocycles. The van der Waals surface area contributed by atoms with Crippen LogP contribution < -0.4 is 5.32 Å². The third-order valence-electron chi connectivity index (χ3n) is 5.03. The van der Waals surface area contributed by atoms with Crippen molar-refractivity contribution in [3.8, 4) is 0 Å². The van der Waals surface area contributed by atoms with Crippen molar-refractivity contribution in [2.24, 2.45) is 11.8 Å². The number of amides is 1. The van der Waals surface area contributed by atoms with Crippen LogP contribution in [0.15, 0.2) is 42.5 Å². The van der Waals surface area contributed by atoms with Gasteiger partial charge in [0.2, 0.25) is 0 Å². The first-order chi connectivity index (χ1) is 10.1. The summed E-state index contributed by atoms with van der Waals surface area (Å²) >= 11 is 0. The van der Waals surface area contributed by atoms with E-state index in [0.717, 1.165) is 17.4 Å². The first-order valence-electron chi connectivity index (χ1n) is 7.95. The van der Waals surface area contributed by atoms with Crippen molar-refractivity contribution in [2.75, 3.05) is 0 Å². The lowest BCUT2D eigenvalue weighted by molar-refractivity contribution is 0.0891. The average molecular weight is 281 g/mol. The largest absolute Gasteiger partial charge is 0.349 e. The van der Waals surface area contributed by atoms with Gasteiger partial charge in [0.1, 0.15) is 0 Å². The Morgan fingerprint density at radius 1 is 1.05 bits per heavy atom. The lowest BCUT2D eigenvalue weighted by Gasteiger charge is -2.34. The van der Waals surface area contributed by atoms with Crippen LogP contribution in [-0.4, -0.2) is 11.9 Å². The van der Waals surface area contributed by atoms with E-state index < -0.39 is 0 Å². The quantitative estimate of drug-likeness (QED) is 0.868. The Morgan fingerprint density at radius 3 is 2.62 bits per heavy atom. The molecule has 1 N–H and O–H groups in total. The van der Waals surface area contributed by atoms with Crippen molar-refractivity contribution >= 4 is 16.7 Å². The monoisotopic (exact) mass is 281 g/mol. The molecule has 1 amide bonds. The third-order valence-corrected chi connectivity index (χ3v) is 5.03. The van der Waals surface area contributed by atoms with Crippen LogP contribution in [0.2, 0.25) is 0 Å². The van der Waals surface area contributed by atoms with Crippen molar-refractivity contribution < 1.29 is 4.79 Å². The van der Waals surface area contributed by atoms with Crippen LogP contribution in [0, 0.1) is 11.8 Å². The number of benzene rings is 2. The normalized spacial score (nSPS) is 25.7. The molecular formula is C19H23NO. The Labute approximate surface area is 126 Å². The number of carbonyl (C=O) groups excluding carboxylic acids is 1. The highest BCUT2D eigenvalue weighted by atomic mass is 16.1. The van der Waals surface area contributed by atoms with Gasteiger partial charge in [-0.2, -0.15) is 0 Å². The molecular weight excluding hydrogens is 258 g/mol. The zero-order chi connectivity index (χ0) is 14.8. The Kier molecular flexibility index (Phi) is 3.96. The molecule has 3 rings (SSSR count). The SMILES string of the molecule is C[C@H]1[C@H](C)CCC[C@H]1NC(=O)c1ccc2ccccc2c1. The van der Waals surface area contributed by atoms with E-state index in [0.29, 0.717) is 17.9 Å². The summed E-state index contributed by atoms with van der Waals surface area (Å²) in [6.45, 7) is 4.55. The maximum absolute atomic E-state index is 12.5. The van der Waals surface area contributed by atoms with E-state index in [-0.39, 0.29) is 5.91 Å². The smallest absolute Gasteiger partial charge is 0.251 e. The summed E-state index contributed by atoms with van der Waals surface area (Å²) in [4.78, 5) is 12.5. The van der Waals surface area contributed by atoms with Gasteiger partial charge in [0.05, 0.1) is 0 Å². The number of fused-ring (bicyclic) bond motifs is 1. The van der Waals surface area contributed by atoms with Crippen LogP contribution in [0.25, 0.3) is 10.8 Å². The summed E-state index contributed by atoms with van der Waals surface area (Å²) in [6.07, 6.45) is 3.60. The molecule has 1 saturated carbocycles. The number of carbonyl (C=O) groups is 1. The fraction of sp³-hybridized carbons (Fsp3) is 0.421. The van der Waals surface area contributed by atoms with Gasteiger partial charge in [-0.25, -0.2) is 0 Å². The van der Waals surface area contributed by atoms with Gasteiger partial charge in [0.15, 0.2) is 0 Å². The van der Waals surface area contributed by atoms with Gasteiger partial charge in [0.25, 0.3) is 5.91 Å². The second-order valence-electron chi connectivity index (χ2n) is 6.41. The molecule has 0 radical (unpaired) electrons. The fourth-order valence-corrected chi connectivity index (χ4v) is 3.37. The molecule has 0 aliphatic heterocycles. The minimum atomic E-state index is 0.0618. The van der Waals surface area contributed by atoms with Crippen molar-refractivity contribution in [3.63, 3.8) is 0 Å². The van der Waals surface area contributed by atoms with Crippen LogP contribution in [0.5, 0.6) is 0 Å². The summed E-state index contributed by atoms with van der Waals surface area (Å²) in [7, 11) is 0. The Morgan fingerprint density at radius 2 is 1.81 bits per heavy atom. The first-order valence-corrected chi connectivity index (χ1v) is 7.95. The van der Waals surface area contributed by atoms with Gasteiger partial charge in [-0.1, -0.05) is 57.0 Å². The minimum absolute atomic E-state index is 0.0618. The zero-order valence-corrected chi connectivity index (χ0v) is 12.8. The maximum Gasteiger partial charge on any atom is 0.251 e. The molecule has 0 bridgehead atoms. The first kappa shape index (κ1) is 14.1. The third kappa shape index (κ3) is 2.94. The Hall–Kier alpha value is -1.83. The predicted molar refractivity (Wildman–Crippen MR) is 87.4 cm³/mol. The molecule has 1 aliphatic rings. The second kappa shape index (κ2) is 5.88. The summed E-state index contributed by atoms with van der Waals surface area (Å²) in [5.41, 5.74) is 0.763. The molecule has 0 unspecified atom stereocenters. The second-order valence-corrected chi connectivity index (χ2v) is 6.41. The molecule has 0 heterocycles. The Bertz CT molecular complexity index is 649. The number of nitrogens with one attached hydrogen (secondary N) is 1. The lowest BCUT2D eigenvalue weighted by Crippen LogP contribution is -2.43. The highest BCUT2D eigenvalue weighted by molar-refractivity contribution is 5.98. The standard InChI is InChI=1S/C19H23NO/c1-13-6-5-9-18(14(13)2)20-19(21)17-11-10-15-7-3-4-8-16(15)12-17/h3-4,7-8,10-14,18H,5-6,9H2,1-2H3,(H,20,21)/t13-,14+,18-/m1/s1. The molecule has 2 nitrogen and oxygen atoms in total. The van der Waals surface area contributed by atoms with Gasteiger partial charge in [-0.15, -0.1) is 0 Å². The van der Waals surface area contributed by atoms with Crippen LogP contribution in [0.4, 0.5) is 0 Å². The molecule has 2 heteroatoms. The van der Waals surface area contributed by atoms with Crippen molar-refractivity contribution in [1.29, 1.82) is 0 Å². The maximum atomic E-state index is 12.5. The summed E-state index contributed by atoms with van der Waals surface area (Å²) in [6, 6.07) is 14.4. The van der Waals surface area contributed by atoms with E-state index in [2.05, 4.69) is 31.3 Å². The molecule has 1 aliphatic carbocycles. The highest BCUT2D eigenvalue weighted by Gasteiger charge is 2.28. The van der Waals surface area contributed by atoms with E-state index in [1.807, 2.05) is 30.3 Å². The van der Waals surface area contributed by atoms with Crippen molar-refractivity contribution in [2.45, 2.75) is 39.2 Å². The summed E-state index contributed by atoms with van der Waals surface area (Å²) in [5.74, 6) is 1.32. The molecule has 21 heavy (non-hydrogen) atoms. The minimum Gasteiger partial charge on any atom is -0.349 e. The molecule has 2 aromatic rings. The lowest BCUT2D eigenvalue weighted by atomic mass is 9.78. The van der Waals surface area contributed by atoms with Gasteiger partial charge in [-0.05, 0) is 41.2 Å². The molecule has 3 atom stereocenters. The van der Waals surface area contributed by atoms with E-state index in [4.69, 9.17) is 0 Å². The molecule has 0 spiro atoms. The number of rotatable bonds is 2. The molecule has 2 aromatic carbocycles. The summed E-state index contributed by atoms with van der Waals surface area (Å²) in [5, 5.41) is 5.54. The Balaban J connectivity index is 1.77. The van der Waals surface area contributed by atoms with Crippen molar-refractivity contribution in [3.05, 3.63) is 48.0 Å². The van der Waals surface area contributed by atoms with E-state index >= 15 is 0 Å². The average Bonchev–Trinajstić information content (AvgIpc) is 2.51. The van der Waals surface area contributed by atoms with Crippen molar-refractivity contribution in [1.82, 2.24) is 5.32 Å². The van der Waals surface area contributed by atoms with Gasteiger partial charge in [-0.3, -0.25) is 4.79 Å². The topological polar surface area (TPSA) is 29.1 Å². The van der Waals surface area contributed by atoms with Crippen LogP contribution >= 0.6 is 0 Å². The zero-order valence-electron chi connectivity index (χ0n) is 12.8. The molecule has 0 saturated heterocycles. The van der Waals surface area contributed by atoms with E-state index in [1.165, 1.54) is 18.2 Å². The number of hydrogen-bond acceptors (Lipinski definition) is 1. The fourth-order valence-electron chi connectivity index (χ4n) is 3.37. The highest BCUT2D eigenvalue weighted by Crippen LogP contribution is 2.29. The predicted octanol–water partition coefficient (Wildman–Crippen LogP) is 4.39. The number of hydrogen-bond donors (Lipinski definition) is 1. The van der Waals surface area contributed by atoms with Gasteiger partial charge >= 0.3 is 0 Å². The molecule has 110 valence electrons. The van der Waals surface area contributed by atoms with Crippen LogP contribution in [-0.2, 0) is 0 Å². The van der Waals surface area contributed by atoms with Gasteiger partial charge in [0, 0.05) is 11.6 Å². The molecule has 1 fully saturated rings. The summed E-state index contributed by atoms with van der Waals surface area (Å²) < 4.78 is 0. The van der Waals surface area contributed by atoms with E-state index in [9.17, 15) is 4.79 Å². The van der Waals surface area contributed by atoms with Crippen LogP contribution in [0.3, 0.4) is 0 Å². The van der Waals surface area contributed by atoms with Crippen LogP contribution in [0.1, 0.15) is 43.5 Å².